The minimum Gasteiger partial charge on any atom is -0.387 e. The van der Waals surface area contributed by atoms with Gasteiger partial charge in [0.2, 0.25) is 0 Å². The molecule has 0 saturated heterocycles. The van der Waals surface area contributed by atoms with E-state index in [0.29, 0.717) is 5.56 Å². The molecule has 5 aromatic rings. The van der Waals surface area contributed by atoms with Crippen molar-refractivity contribution >= 4 is 16.7 Å². The molecule has 0 fully saturated rings. The van der Waals surface area contributed by atoms with Crippen molar-refractivity contribution in [1.29, 1.82) is 0 Å². The fourth-order valence-electron chi connectivity index (χ4n) is 4.57. The Morgan fingerprint density at radius 3 is 1.81 bits per heavy atom. The topological polar surface area (TPSA) is 78.0 Å². The largest absolute Gasteiger partial charge is 0.387 e. The summed E-state index contributed by atoms with van der Waals surface area (Å²) in [6.07, 6.45) is 0.241. The lowest BCUT2D eigenvalue weighted by atomic mass is 10.0. The molecule has 2 heterocycles. The van der Waals surface area contributed by atoms with Crippen LogP contribution in [0.15, 0.2) is 93.2 Å². The summed E-state index contributed by atoms with van der Waals surface area (Å²) in [6, 6.07) is 19.4. The van der Waals surface area contributed by atoms with E-state index >= 15 is 0 Å². The number of pyridine rings is 1. The molecule has 37 heavy (non-hydrogen) atoms. The number of nitrogens with zero attached hydrogens (tertiary/aromatic N) is 3. The molecule has 9 heteroatoms. The van der Waals surface area contributed by atoms with Gasteiger partial charge in [-0.2, -0.15) is 0 Å². The van der Waals surface area contributed by atoms with E-state index in [-0.39, 0.29) is 34.5 Å². The molecule has 2 aromatic heterocycles. The highest BCUT2D eigenvalue weighted by atomic mass is 19.1. The number of fused-ring (bicyclic) bond motifs is 1. The van der Waals surface area contributed by atoms with Crippen molar-refractivity contribution in [2.75, 3.05) is 12.4 Å². The highest BCUT2D eigenvalue weighted by molar-refractivity contribution is 5.91. The van der Waals surface area contributed by atoms with Crippen LogP contribution >= 0.6 is 0 Å². The summed E-state index contributed by atoms with van der Waals surface area (Å²) in [5.41, 5.74) is 0.0641. The number of anilines is 1. The zero-order chi connectivity index (χ0) is 26.3. The van der Waals surface area contributed by atoms with Gasteiger partial charge in [-0.3, -0.25) is 14.2 Å². The lowest BCUT2D eigenvalue weighted by Gasteiger charge is -2.20. The first-order valence-corrected chi connectivity index (χ1v) is 11.5. The van der Waals surface area contributed by atoms with Gasteiger partial charge in [0, 0.05) is 26.1 Å². The molecule has 0 saturated carbocycles. The van der Waals surface area contributed by atoms with E-state index in [1.54, 1.807) is 7.05 Å². The highest BCUT2D eigenvalue weighted by Gasteiger charge is 2.24. The fourth-order valence-corrected chi connectivity index (χ4v) is 4.57. The predicted octanol–water partition coefficient (Wildman–Crippen LogP) is 3.75. The van der Waals surface area contributed by atoms with Crippen molar-refractivity contribution in [3.8, 4) is 11.4 Å². The molecule has 186 valence electrons. The van der Waals surface area contributed by atoms with Gasteiger partial charge in [-0.25, -0.2) is 22.7 Å². The highest BCUT2D eigenvalue weighted by Crippen LogP contribution is 2.25. The molecule has 1 N–H and O–H groups in total. The molecule has 0 spiro atoms. The number of halogens is 2. The molecular formula is C28H22F2N4O3. The normalized spacial score (nSPS) is 11.1. The van der Waals surface area contributed by atoms with E-state index in [9.17, 15) is 23.2 Å². The third-order valence-corrected chi connectivity index (χ3v) is 6.31. The lowest BCUT2D eigenvalue weighted by Crippen LogP contribution is -2.41. The summed E-state index contributed by atoms with van der Waals surface area (Å²) in [4.78, 5) is 41.4. The molecule has 5 rings (SSSR count). The first-order valence-electron chi connectivity index (χ1n) is 11.5. The van der Waals surface area contributed by atoms with E-state index < -0.39 is 28.4 Å². The maximum atomic E-state index is 14.0. The van der Waals surface area contributed by atoms with Crippen molar-refractivity contribution in [1.82, 2.24) is 13.7 Å². The van der Waals surface area contributed by atoms with Crippen LogP contribution in [0.4, 0.5) is 14.5 Å². The molecule has 0 bridgehead atoms. The van der Waals surface area contributed by atoms with Gasteiger partial charge in [0.05, 0.1) is 17.1 Å². The maximum Gasteiger partial charge on any atom is 0.341 e. The Morgan fingerprint density at radius 2 is 1.27 bits per heavy atom. The number of nitrogens with one attached hydrogen (secondary N) is 1. The number of benzene rings is 3. The second kappa shape index (κ2) is 9.34. The average molecular weight is 501 g/mol. The summed E-state index contributed by atoms with van der Waals surface area (Å²) in [5.74, 6) is -1.04. The van der Waals surface area contributed by atoms with E-state index in [2.05, 4.69) is 5.32 Å². The van der Waals surface area contributed by atoms with Crippen LogP contribution in [-0.2, 0) is 13.5 Å². The number of hydrogen-bond acceptors (Lipinski definition) is 4. The molecule has 0 amide bonds. The quantitative estimate of drug-likeness (QED) is 0.399. The van der Waals surface area contributed by atoms with Gasteiger partial charge in [-0.1, -0.05) is 30.3 Å². The Hall–Kier alpha value is -4.79. The van der Waals surface area contributed by atoms with Crippen LogP contribution < -0.4 is 22.1 Å². The maximum absolute atomic E-state index is 14.0. The molecule has 3 aromatic carbocycles. The number of rotatable bonds is 5. The minimum atomic E-state index is -0.788. The smallest absolute Gasteiger partial charge is 0.341 e. The SMILES string of the molecule is CNc1c(Cc2ccccc2)c(=O)n(C)c2c1c(=O)n(-c1ccc(F)cc1)c(=O)n2-c1ccc(F)cc1. The van der Waals surface area contributed by atoms with Gasteiger partial charge in [0.1, 0.15) is 22.7 Å². The molecule has 7 nitrogen and oxygen atoms in total. The lowest BCUT2D eigenvalue weighted by molar-refractivity contribution is 0.626. The Balaban J connectivity index is 1.98. The van der Waals surface area contributed by atoms with Gasteiger partial charge in [0.15, 0.2) is 0 Å². The molecule has 0 aliphatic carbocycles. The molecule has 0 aliphatic heterocycles. The van der Waals surface area contributed by atoms with Crippen LogP contribution in [0.5, 0.6) is 0 Å². The van der Waals surface area contributed by atoms with Gasteiger partial charge >= 0.3 is 5.69 Å². The van der Waals surface area contributed by atoms with E-state index in [1.165, 1.54) is 52.6 Å². The molecule has 0 atom stereocenters. The first-order chi connectivity index (χ1) is 17.8. The Kier molecular flexibility index (Phi) is 6.04. The summed E-state index contributed by atoms with van der Waals surface area (Å²) in [6.45, 7) is 0. The zero-order valence-corrected chi connectivity index (χ0v) is 20.0. The Labute approximate surface area is 209 Å². The monoisotopic (exact) mass is 500 g/mol. The average Bonchev–Trinajstić information content (AvgIpc) is 2.90. The van der Waals surface area contributed by atoms with E-state index in [0.717, 1.165) is 22.3 Å². The standard InChI is InChI=1S/C28H22F2N4O3/c1-31-24-22(16-17-6-4-3-5-7-17)26(35)32(2)25-23(24)27(36)34(21-14-10-19(30)11-15-21)28(37)33(25)20-12-8-18(29)9-13-20/h3-15,31H,16H2,1-2H3. The molecule has 0 radical (unpaired) electrons. The van der Waals surface area contributed by atoms with Gasteiger partial charge in [-0.05, 0) is 54.1 Å². The van der Waals surface area contributed by atoms with Crippen LogP contribution in [-0.4, -0.2) is 20.7 Å². The Bertz CT molecular complexity index is 1810. The summed E-state index contributed by atoms with van der Waals surface area (Å²) in [5, 5.41) is 3.09. The molecular weight excluding hydrogens is 478 g/mol. The second-order valence-corrected chi connectivity index (χ2v) is 8.54. The first kappa shape index (κ1) is 23.9. The number of hydrogen-bond donors (Lipinski definition) is 1. The van der Waals surface area contributed by atoms with Gasteiger partial charge in [-0.15, -0.1) is 0 Å². The number of aryl methyl sites for hydroxylation is 1. The summed E-state index contributed by atoms with van der Waals surface area (Å²) in [7, 11) is 3.08. The Morgan fingerprint density at radius 1 is 0.730 bits per heavy atom. The van der Waals surface area contributed by atoms with Crippen LogP contribution in [0.1, 0.15) is 11.1 Å². The molecule has 0 unspecified atom stereocenters. The van der Waals surface area contributed by atoms with Gasteiger partial charge < -0.3 is 5.32 Å². The third-order valence-electron chi connectivity index (χ3n) is 6.31. The third kappa shape index (κ3) is 4.04. The van der Waals surface area contributed by atoms with Crippen molar-refractivity contribution in [3.05, 3.63) is 133 Å². The van der Waals surface area contributed by atoms with E-state index in [1.807, 2.05) is 30.3 Å². The second-order valence-electron chi connectivity index (χ2n) is 8.54. The van der Waals surface area contributed by atoms with Crippen LogP contribution in [0.25, 0.3) is 22.4 Å². The van der Waals surface area contributed by atoms with Crippen LogP contribution in [0, 0.1) is 11.6 Å². The van der Waals surface area contributed by atoms with Crippen molar-refractivity contribution < 1.29 is 8.78 Å². The summed E-state index contributed by atoms with van der Waals surface area (Å²) < 4.78 is 30.8. The van der Waals surface area contributed by atoms with Crippen molar-refractivity contribution in [2.24, 2.45) is 7.05 Å². The fraction of sp³-hybridized carbons (Fsp3) is 0.107. The van der Waals surface area contributed by atoms with Crippen LogP contribution in [0.2, 0.25) is 0 Å². The van der Waals surface area contributed by atoms with E-state index in [4.69, 9.17) is 0 Å². The van der Waals surface area contributed by atoms with Crippen molar-refractivity contribution in [2.45, 2.75) is 6.42 Å². The van der Waals surface area contributed by atoms with Crippen LogP contribution in [0.3, 0.4) is 0 Å². The zero-order valence-electron chi connectivity index (χ0n) is 20.0. The number of aromatic nitrogens is 3. The predicted molar refractivity (Wildman–Crippen MR) is 139 cm³/mol. The minimum absolute atomic E-state index is 0.0473. The van der Waals surface area contributed by atoms with Crippen molar-refractivity contribution in [3.63, 3.8) is 0 Å². The summed E-state index contributed by atoms with van der Waals surface area (Å²) >= 11 is 0. The van der Waals surface area contributed by atoms with Gasteiger partial charge in [0.25, 0.3) is 11.1 Å². The molecule has 0 aliphatic rings.